The number of nitrogens with zero attached hydrogens (tertiary/aromatic N) is 2. The van der Waals surface area contributed by atoms with E-state index in [1.807, 2.05) is 0 Å². The van der Waals surface area contributed by atoms with E-state index in [1.54, 1.807) is 6.20 Å². The van der Waals surface area contributed by atoms with Crippen molar-refractivity contribution in [1.82, 2.24) is 9.97 Å². The summed E-state index contributed by atoms with van der Waals surface area (Å²) in [6, 6.07) is 0. The molecule has 1 aromatic rings. The van der Waals surface area contributed by atoms with Gasteiger partial charge in [-0.25, -0.2) is 4.98 Å². The van der Waals surface area contributed by atoms with Gasteiger partial charge < -0.3 is 15.7 Å². The largest absolute Gasteiger partial charge is 0.396 e. The second kappa shape index (κ2) is 7.80. The van der Waals surface area contributed by atoms with E-state index in [0.29, 0.717) is 23.3 Å². The summed E-state index contributed by atoms with van der Waals surface area (Å²) in [6.07, 6.45) is 8.37. The zero-order valence-electron chi connectivity index (χ0n) is 12.7. The van der Waals surface area contributed by atoms with Crippen molar-refractivity contribution < 1.29 is 5.11 Å². The summed E-state index contributed by atoms with van der Waals surface area (Å²) in [5.74, 6) is 1.23. The van der Waals surface area contributed by atoms with Crippen LogP contribution in [0.4, 0.5) is 11.8 Å². The standard InChI is InChI=1S/C15H25ClN4O/c1-2-8-17-14-18-9-12(16)13(20-14)19-10-15(11-21)6-4-3-5-7-15/h9,21H,2-8,10-11H2,1H3,(H2,17,18,19,20). The Hall–Kier alpha value is -1.07. The molecule has 6 heteroatoms. The van der Waals surface area contributed by atoms with Crippen LogP contribution in [-0.2, 0) is 0 Å². The Morgan fingerprint density at radius 1 is 1.29 bits per heavy atom. The van der Waals surface area contributed by atoms with Crippen LogP contribution in [0.2, 0.25) is 5.02 Å². The number of aromatic nitrogens is 2. The van der Waals surface area contributed by atoms with Gasteiger partial charge in [-0.05, 0) is 19.3 Å². The van der Waals surface area contributed by atoms with Gasteiger partial charge in [-0.1, -0.05) is 37.8 Å². The van der Waals surface area contributed by atoms with Crippen molar-refractivity contribution in [3.05, 3.63) is 11.2 Å². The third-order valence-electron chi connectivity index (χ3n) is 4.16. The molecule has 0 spiro atoms. The topological polar surface area (TPSA) is 70.1 Å². The molecule has 0 aliphatic heterocycles. The van der Waals surface area contributed by atoms with E-state index in [1.165, 1.54) is 19.3 Å². The van der Waals surface area contributed by atoms with E-state index in [2.05, 4.69) is 27.5 Å². The van der Waals surface area contributed by atoms with Crippen molar-refractivity contribution in [3.63, 3.8) is 0 Å². The highest BCUT2D eigenvalue weighted by Gasteiger charge is 2.31. The van der Waals surface area contributed by atoms with Gasteiger partial charge in [0.1, 0.15) is 5.02 Å². The molecule has 0 atom stereocenters. The maximum absolute atomic E-state index is 9.74. The molecular weight excluding hydrogens is 288 g/mol. The molecule has 3 N–H and O–H groups in total. The molecule has 0 bridgehead atoms. The minimum atomic E-state index is -0.0382. The van der Waals surface area contributed by atoms with Crippen molar-refractivity contribution in [2.24, 2.45) is 5.41 Å². The van der Waals surface area contributed by atoms with Gasteiger partial charge in [-0.2, -0.15) is 4.98 Å². The van der Waals surface area contributed by atoms with E-state index in [9.17, 15) is 5.11 Å². The molecule has 2 rings (SSSR count). The molecule has 0 radical (unpaired) electrons. The van der Waals surface area contributed by atoms with Gasteiger partial charge in [-0.3, -0.25) is 0 Å². The number of hydrogen-bond donors (Lipinski definition) is 3. The molecular formula is C15H25ClN4O. The van der Waals surface area contributed by atoms with Crippen LogP contribution in [0.5, 0.6) is 0 Å². The summed E-state index contributed by atoms with van der Waals surface area (Å²) < 4.78 is 0. The number of halogens is 1. The Labute approximate surface area is 131 Å². The van der Waals surface area contributed by atoms with Crippen molar-refractivity contribution in [3.8, 4) is 0 Å². The predicted molar refractivity (Wildman–Crippen MR) is 86.9 cm³/mol. The number of hydrogen-bond acceptors (Lipinski definition) is 5. The maximum atomic E-state index is 9.74. The fraction of sp³-hybridized carbons (Fsp3) is 0.733. The maximum Gasteiger partial charge on any atom is 0.224 e. The minimum Gasteiger partial charge on any atom is -0.396 e. The molecule has 0 saturated heterocycles. The fourth-order valence-corrected chi connectivity index (χ4v) is 2.93. The van der Waals surface area contributed by atoms with Crippen LogP contribution in [0, 0.1) is 5.41 Å². The first-order valence-corrected chi connectivity index (χ1v) is 8.18. The summed E-state index contributed by atoms with van der Waals surface area (Å²) in [5.41, 5.74) is -0.0382. The normalized spacial score (nSPS) is 17.5. The Morgan fingerprint density at radius 2 is 2.05 bits per heavy atom. The molecule has 1 aliphatic carbocycles. The first kappa shape index (κ1) is 16.3. The zero-order chi connectivity index (χ0) is 15.1. The van der Waals surface area contributed by atoms with Crippen molar-refractivity contribution in [2.75, 3.05) is 30.3 Å². The lowest BCUT2D eigenvalue weighted by Gasteiger charge is -2.35. The van der Waals surface area contributed by atoms with Gasteiger partial charge in [0.15, 0.2) is 5.82 Å². The molecule has 1 aromatic heterocycles. The molecule has 1 aliphatic rings. The molecule has 21 heavy (non-hydrogen) atoms. The quantitative estimate of drug-likeness (QED) is 0.720. The molecule has 1 heterocycles. The molecule has 0 unspecified atom stereocenters. The molecule has 1 saturated carbocycles. The smallest absolute Gasteiger partial charge is 0.224 e. The van der Waals surface area contributed by atoms with Gasteiger partial charge in [0.2, 0.25) is 5.95 Å². The summed E-state index contributed by atoms with van der Waals surface area (Å²) in [6.45, 7) is 3.84. The lowest BCUT2D eigenvalue weighted by atomic mass is 9.74. The van der Waals surface area contributed by atoms with E-state index < -0.39 is 0 Å². The Kier molecular flexibility index (Phi) is 6.06. The fourth-order valence-electron chi connectivity index (χ4n) is 2.78. The Balaban J connectivity index is 2.00. The summed E-state index contributed by atoms with van der Waals surface area (Å²) in [7, 11) is 0. The minimum absolute atomic E-state index is 0.0382. The van der Waals surface area contributed by atoms with E-state index in [4.69, 9.17) is 11.6 Å². The molecule has 1 fully saturated rings. The van der Waals surface area contributed by atoms with Gasteiger partial charge in [0.05, 0.1) is 12.8 Å². The second-order valence-corrected chi connectivity index (χ2v) is 6.30. The van der Waals surface area contributed by atoms with E-state index in [-0.39, 0.29) is 12.0 Å². The summed E-state index contributed by atoms with van der Waals surface area (Å²) >= 11 is 6.16. The highest BCUT2D eigenvalue weighted by atomic mass is 35.5. The van der Waals surface area contributed by atoms with Gasteiger partial charge >= 0.3 is 0 Å². The average Bonchev–Trinajstić information content (AvgIpc) is 2.53. The first-order chi connectivity index (χ1) is 10.2. The average molecular weight is 313 g/mol. The summed E-state index contributed by atoms with van der Waals surface area (Å²) in [5, 5.41) is 16.7. The summed E-state index contributed by atoms with van der Waals surface area (Å²) in [4.78, 5) is 8.58. The van der Waals surface area contributed by atoms with Gasteiger partial charge in [-0.15, -0.1) is 0 Å². The predicted octanol–water partition coefficient (Wildman–Crippen LogP) is 3.31. The molecule has 0 amide bonds. The van der Waals surface area contributed by atoms with Gasteiger partial charge in [0, 0.05) is 18.5 Å². The number of nitrogens with one attached hydrogen (secondary N) is 2. The first-order valence-electron chi connectivity index (χ1n) is 7.80. The Bertz CT molecular complexity index is 449. The van der Waals surface area contributed by atoms with Crippen LogP contribution < -0.4 is 10.6 Å². The van der Waals surface area contributed by atoms with Crippen LogP contribution >= 0.6 is 11.6 Å². The van der Waals surface area contributed by atoms with Crippen molar-refractivity contribution >= 4 is 23.4 Å². The van der Waals surface area contributed by atoms with E-state index >= 15 is 0 Å². The number of aliphatic hydroxyl groups excluding tert-OH is 1. The highest BCUT2D eigenvalue weighted by molar-refractivity contribution is 6.32. The van der Waals surface area contributed by atoms with Crippen molar-refractivity contribution in [2.45, 2.75) is 45.4 Å². The Morgan fingerprint density at radius 3 is 2.71 bits per heavy atom. The van der Waals surface area contributed by atoms with E-state index in [0.717, 1.165) is 25.8 Å². The molecule has 118 valence electrons. The lowest BCUT2D eigenvalue weighted by Crippen LogP contribution is -2.35. The molecule has 0 aromatic carbocycles. The van der Waals surface area contributed by atoms with Crippen LogP contribution in [0.25, 0.3) is 0 Å². The van der Waals surface area contributed by atoms with Crippen LogP contribution in [0.3, 0.4) is 0 Å². The highest BCUT2D eigenvalue weighted by Crippen LogP contribution is 2.36. The lowest BCUT2D eigenvalue weighted by molar-refractivity contribution is 0.0943. The van der Waals surface area contributed by atoms with Crippen LogP contribution in [0.1, 0.15) is 45.4 Å². The van der Waals surface area contributed by atoms with Gasteiger partial charge in [0.25, 0.3) is 0 Å². The van der Waals surface area contributed by atoms with Crippen molar-refractivity contribution in [1.29, 1.82) is 0 Å². The molecule has 5 nitrogen and oxygen atoms in total. The van der Waals surface area contributed by atoms with Crippen LogP contribution in [0.15, 0.2) is 6.20 Å². The van der Waals surface area contributed by atoms with Crippen LogP contribution in [-0.4, -0.2) is 34.8 Å². The zero-order valence-corrected chi connectivity index (χ0v) is 13.4. The monoisotopic (exact) mass is 312 g/mol. The number of rotatable bonds is 7. The second-order valence-electron chi connectivity index (χ2n) is 5.89. The number of anilines is 2. The number of aliphatic hydroxyl groups is 1. The third-order valence-corrected chi connectivity index (χ3v) is 4.43. The SMILES string of the molecule is CCCNc1ncc(Cl)c(NCC2(CO)CCCCC2)n1. The third kappa shape index (κ3) is 4.45.